The average molecular weight is 184 g/mol. The van der Waals surface area contributed by atoms with Gasteiger partial charge in [0.15, 0.2) is 0 Å². The van der Waals surface area contributed by atoms with Gasteiger partial charge in [0.1, 0.15) is 0 Å². The van der Waals surface area contributed by atoms with E-state index in [1.54, 1.807) is 0 Å². The molecule has 0 radical (unpaired) electrons. The van der Waals surface area contributed by atoms with Gasteiger partial charge in [-0.2, -0.15) is 0 Å². The van der Waals surface area contributed by atoms with Crippen molar-refractivity contribution in [2.24, 2.45) is 17.8 Å². The highest BCUT2D eigenvalue weighted by Crippen LogP contribution is 2.52. The van der Waals surface area contributed by atoms with Gasteiger partial charge >= 0.3 is 0 Å². The Morgan fingerprint density at radius 1 is 1.42 bits per heavy atom. The zero-order valence-electron chi connectivity index (χ0n) is 8.08. The monoisotopic (exact) mass is 184 g/mol. The maximum atomic E-state index is 11.9. The van der Waals surface area contributed by atoms with Crippen LogP contribution in [0.1, 0.15) is 13.8 Å². The second kappa shape index (κ2) is 3.27. The van der Waals surface area contributed by atoms with E-state index in [1.807, 2.05) is 6.66 Å². The van der Waals surface area contributed by atoms with E-state index in [4.69, 9.17) is 6.42 Å². The number of hydrogen-bond donors (Lipinski definition) is 0. The minimum Gasteiger partial charge on any atom is -0.324 e. The van der Waals surface area contributed by atoms with Crippen LogP contribution < -0.4 is 0 Å². The Labute approximate surface area is 75.3 Å². The lowest BCUT2D eigenvalue weighted by Gasteiger charge is -2.34. The van der Waals surface area contributed by atoms with Crippen molar-refractivity contribution in [2.45, 2.75) is 13.8 Å². The fourth-order valence-corrected chi connectivity index (χ4v) is 5.00. The summed E-state index contributed by atoms with van der Waals surface area (Å²) in [7, 11) is -1.90. The molecular weight excluding hydrogens is 167 g/mol. The van der Waals surface area contributed by atoms with Crippen LogP contribution in [0.5, 0.6) is 0 Å². The second-order valence-electron chi connectivity index (χ2n) is 4.27. The number of rotatable bonds is 0. The first kappa shape index (κ1) is 9.87. The molecule has 0 aromatic carbocycles. The lowest BCUT2D eigenvalue weighted by molar-refractivity contribution is 0.334. The summed E-state index contributed by atoms with van der Waals surface area (Å²) in [5.74, 6) is 4.07. The Hall–Kier alpha value is -0.210. The van der Waals surface area contributed by atoms with Crippen molar-refractivity contribution in [3.8, 4) is 12.3 Å². The molecule has 4 unspecified atom stereocenters. The third-order valence-electron chi connectivity index (χ3n) is 3.00. The van der Waals surface area contributed by atoms with E-state index in [0.717, 1.165) is 12.3 Å². The van der Waals surface area contributed by atoms with Gasteiger partial charge in [-0.1, -0.05) is 13.8 Å². The molecule has 4 atom stereocenters. The highest BCUT2D eigenvalue weighted by Gasteiger charge is 2.35. The smallest absolute Gasteiger partial charge is 0.0863 e. The van der Waals surface area contributed by atoms with Crippen LogP contribution in [-0.2, 0) is 4.57 Å². The number of hydrogen-bond acceptors (Lipinski definition) is 1. The van der Waals surface area contributed by atoms with Gasteiger partial charge in [-0.15, -0.1) is 12.3 Å². The quantitative estimate of drug-likeness (QED) is 0.417. The Balaban J connectivity index is 2.80. The van der Waals surface area contributed by atoms with E-state index in [0.29, 0.717) is 11.8 Å². The van der Waals surface area contributed by atoms with Crippen LogP contribution in [0, 0.1) is 30.1 Å². The summed E-state index contributed by atoms with van der Waals surface area (Å²) < 4.78 is 11.9. The van der Waals surface area contributed by atoms with Gasteiger partial charge in [-0.3, -0.25) is 0 Å². The molecule has 1 aliphatic heterocycles. The van der Waals surface area contributed by atoms with Gasteiger partial charge in [0.05, 0.1) is 7.14 Å². The highest BCUT2D eigenvalue weighted by molar-refractivity contribution is 7.63. The molecule has 0 aliphatic carbocycles. The van der Waals surface area contributed by atoms with Crippen molar-refractivity contribution in [1.29, 1.82) is 0 Å². The normalized spacial score (nSPS) is 48.3. The van der Waals surface area contributed by atoms with Crippen molar-refractivity contribution in [3.63, 3.8) is 0 Å². The van der Waals surface area contributed by atoms with Gasteiger partial charge in [0, 0.05) is 18.2 Å². The first-order valence-electron chi connectivity index (χ1n) is 4.48. The highest BCUT2D eigenvalue weighted by atomic mass is 31.2. The minimum absolute atomic E-state index is 0.240. The molecule has 2 heteroatoms. The zero-order valence-corrected chi connectivity index (χ0v) is 8.97. The zero-order chi connectivity index (χ0) is 9.35. The molecule has 0 aromatic heterocycles. The molecule has 0 spiro atoms. The molecule has 1 rings (SSSR count). The van der Waals surface area contributed by atoms with Crippen molar-refractivity contribution in [3.05, 3.63) is 0 Å². The fourth-order valence-electron chi connectivity index (χ4n) is 2.03. The van der Waals surface area contributed by atoms with Gasteiger partial charge in [-0.05, 0) is 18.5 Å². The third kappa shape index (κ3) is 1.93. The summed E-state index contributed by atoms with van der Waals surface area (Å²) in [6, 6.07) is 0. The standard InChI is InChI=1S/C10H17OP/c1-5-10-7-12(4,11)6-8(2)9(10)3/h1,8-10H,6-7H2,2-4H3. The molecule has 0 saturated carbocycles. The van der Waals surface area contributed by atoms with Crippen LogP contribution in [0.4, 0.5) is 0 Å². The summed E-state index contributed by atoms with van der Waals surface area (Å²) in [5.41, 5.74) is 0. The second-order valence-corrected chi connectivity index (χ2v) is 7.60. The van der Waals surface area contributed by atoms with E-state index in [1.165, 1.54) is 0 Å². The van der Waals surface area contributed by atoms with E-state index >= 15 is 0 Å². The molecule has 0 bridgehead atoms. The van der Waals surface area contributed by atoms with Crippen molar-refractivity contribution in [1.82, 2.24) is 0 Å². The Bertz CT molecular complexity index is 251. The lowest BCUT2D eigenvalue weighted by atomic mass is 9.86. The summed E-state index contributed by atoms with van der Waals surface area (Å²) in [6.45, 7) is 6.22. The van der Waals surface area contributed by atoms with Crippen molar-refractivity contribution < 1.29 is 4.57 Å². The molecule has 0 aromatic rings. The molecule has 1 aliphatic rings. The van der Waals surface area contributed by atoms with E-state index < -0.39 is 7.14 Å². The van der Waals surface area contributed by atoms with Crippen molar-refractivity contribution in [2.75, 3.05) is 19.0 Å². The predicted molar refractivity (Wildman–Crippen MR) is 53.9 cm³/mol. The van der Waals surface area contributed by atoms with Crippen LogP contribution >= 0.6 is 7.14 Å². The van der Waals surface area contributed by atoms with Gasteiger partial charge < -0.3 is 4.57 Å². The molecular formula is C10H17OP. The Morgan fingerprint density at radius 2 is 2.00 bits per heavy atom. The van der Waals surface area contributed by atoms with Crippen LogP contribution in [0.2, 0.25) is 0 Å². The molecule has 12 heavy (non-hydrogen) atoms. The van der Waals surface area contributed by atoms with E-state index in [2.05, 4.69) is 19.8 Å². The third-order valence-corrected chi connectivity index (χ3v) is 5.52. The SMILES string of the molecule is C#CC1CP(C)(=O)CC(C)C1C. The van der Waals surface area contributed by atoms with Crippen LogP contribution in [0.25, 0.3) is 0 Å². The van der Waals surface area contributed by atoms with Crippen LogP contribution in [0.3, 0.4) is 0 Å². The molecule has 68 valence electrons. The summed E-state index contributed by atoms with van der Waals surface area (Å²) in [4.78, 5) is 0. The summed E-state index contributed by atoms with van der Waals surface area (Å²) >= 11 is 0. The predicted octanol–water partition coefficient (Wildman–Crippen LogP) is 2.51. The van der Waals surface area contributed by atoms with Gasteiger partial charge in [0.25, 0.3) is 0 Å². The Kier molecular flexibility index (Phi) is 2.69. The first-order valence-corrected chi connectivity index (χ1v) is 7.00. The summed E-state index contributed by atoms with van der Waals surface area (Å²) in [6.07, 6.45) is 7.05. The number of terminal acetylenes is 1. The topological polar surface area (TPSA) is 17.1 Å². The maximum Gasteiger partial charge on any atom is 0.0863 e. The largest absolute Gasteiger partial charge is 0.324 e. The average Bonchev–Trinajstić information content (AvgIpc) is 1.96. The van der Waals surface area contributed by atoms with E-state index in [9.17, 15) is 4.57 Å². The van der Waals surface area contributed by atoms with Gasteiger partial charge in [0.2, 0.25) is 0 Å². The van der Waals surface area contributed by atoms with Crippen molar-refractivity contribution >= 4 is 7.14 Å². The van der Waals surface area contributed by atoms with Gasteiger partial charge in [-0.25, -0.2) is 0 Å². The van der Waals surface area contributed by atoms with Crippen LogP contribution in [-0.4, -0.2) is 19.0 Å². The molecule has 0 amide bonds. The molecule has 1 nitrogen and oxygen atoms in total. The molecule has 1 heterocycles. The first-order chi connectivity index (χ1) is 5.46. The molecule has 0 N–H and O–H groups in total. The molecule has 1 saturated heterocycles. The fraction of sp³-hybridized carbons (Fsp3) is 0.800. The van der Waals surface area contributed by atoms with Crippen LogP contribution in [0.15, 0.2) is 0 Å². The minimum atomic E-state index is -1.90. The van der Waals surface area contributed by atoms with E-state index in [-0.39, 0.29) is 5.92 Å². The maximum absolute atomic E-state index is 11.9. The summed E-state index contributed by atoms with van der Waals surface area (Å²) in [5, 5.41) is 0. The molecule has 1 fully saturated rings. The Morgan fingerprint density at radius 3 is 2.50 bits per heavy atom. The lowest BCUT2D eigenvalue weighted by Crippen LogP contribution is -2.29.